The fourth-order valence-corrected chi connectivity index (χ4v) is 3.26. The first kappa shape index (κ1) is 19.0. The smallest absolute Gasteiger partial charge is 0.273 e. The van der Waals surface area contributed by atoms with E-state index >= 15 is 0 Å². The van der Waals surface area contributed by atoms with Crippen LogP contribution in [-0.4, -0.2) is 48.6 Å². The number of rotatable bonds is 6. The van der Waals surface area contributed by atoms with Gasteiger partial charge in [0, 0.05) is 36.8 Å². The Morgan fingerprint density at radius 3 is 2.59 bits per heavy atom. The molecule has 1 unspecified atom stereocenters. The van der Waals surface area contributed by atoms with E-state index in [-0.39, 0.29) is 17.6 Å². The third kappa shape index (κ3) is 4.69. The van der Waals surface area contributed by atoms with Crippen LogP contribution in [0.2, 0.25) is 0 Å². The Morgan fingerprint density at radius 1 is 1.22 bits per heavy atom. The maximum Gasteiger partial charge on any atom is 0.273 e. The average Bonchev–Trinajstić information content (AvgIpc) is 2.70. The summed E-state index contributed by atoms with van der Waals surface area (Å²) < 4.78 is 5.43. The van der Waals surface area contributed by atoms with Crippen LogP contribution in [0.1, 0.15) is 27.5 Å². The molecular formula is C20H23N3O4. The van der Waals surface area contributed by atoms with E-state index in [0.29, 0.717) is 30.9 Å². The number of hydrogen-bond donors (Lipinski definition) is 1. The summed E-state index contributed by atoms with van der Waals surface area (Å²) in [5.74, 6) is -0.313. The minimum Gasteiger partial charge on any atom is -0.379 e. The quantitative estimate of drug-likeness (QED) is 0.625. The molecule has 0 bridgehead atoms. The molecule has 1 saturated heterocycles. The van der Waals surface area contributed by atoms with Crippen molar-refractivity contribution < 1.29 is 14.5 Å². The highest BCUT2D eigenvalue weighted by Gasteiger charge is 2.23. The lowest BCUT2D eigenvalue weighted by molar-refractivity contribution is -0.385. The largest absolute Gasteiger partial charge is 0.379 e. The van der Waals surface area contributed by atoms with Crippen LogP contribution in [-0.2, 0) is 4.74 Å². The summed E-state index contributed by atoms with van der Waals surface area (Å²) in [4.78, 5) is 25.5. The molecule has 0 radical (unpaired) electrons. The maximum atomic E-state index is 12.6. The molecule has 1 N–H and O–H groups in total. The van der Waals surface area contributed by atoms with Crippen molar-refractivity contribution >= 4 is 11.6 Å². The third-order valence-electron chi connectivity index (χ3n) is 4.79. The molecule has 0 aromatic heterocycles. The van der Waals surface area contributed by atoms with Crippen molar-refractivity contribution in [3.8, 4) is 0 Å². The number of morpholine rings is 1. The van der Waals surface area contributed by atoms with Crippen LogP contribution in [0.25, 0.3) is 0 Å². The molecule has 1 aliphatic rings. The fourth-order valence-electron chi connectivity index (χ4n) is 3.26. The van der Waals surface area contributed by atoms with Gasteiger partial charge in [0.15, 0.2) is 0 Å². The Hall–Kier alpha value is -2.77. The van der Waals surface area contributed by atoms with E-state index in [1.165, 1.54) is 6.07 Å². The molecule has 1 fully saturated rings. The Labute approximate surface area is 158 Å². The summed E-state index contributed by atoms with van der Waals surface area (Å²) in [5.41, 5.74) is 1.90. The highest BCUT2D eigenvalue weighted by Crippen LogP contribution is 2.22. The molecule has 27 heavy (non-hydrogen) atoms. The van der Waals surface area contributed by atoms with Gasteiger partial charge in [-0.15, -0.1) is 0 Å². The summed E-state index contributed by atoms with van der Waals surface area (Å²) >= 11 is 0. The Bertz CT molecular complexity index is 804. The molecule has 1 heterocycles. The van der Waals surface area contributed by atoms with Gasteiger partial charge in [-0.2, -0.15) is 0 Å². The fraction of sp³-hybridized carbons (Fsp3) is 0.350. The molecule has 2 aromatic rings. The van der Waals surface area contributed by atoms with Crippen molar-refractivity contribution in [2.75, 3.05) is 32.8 Å². The molecule has 7 nitrogen and oxygen atoms in total. The zero-order valence-corrected chi connectivity index (χ0v) is 15.3. The van der Waals surface area contributed by atoms with Gasteiger partial charge in [-0.05, 0) is 18.6 Å². The molecule has 3 rings (SSSR count). The van der Waals surface area contributed by atoms with Crippen LogP contribution < -0.4 is 5.32 Å². The number of nitrogens with one attached hydrogen (secondary N) is 1. The van der Waals surface area contributed by atoms with Crippen molar-refractivity contribution in [1.82, 2.24) is 10.2 Å². The van der Waals surface area contributed by atoms with E-state index in [9.17, 15) is 14.9 Å². The highest BCUT2D eigenvalue weighted by atomic mass is 16.6. The van der Waals surface area contributed by atoms with Crippen LogP contribution in [0, 0.1) is 17.0 Å². The molecule has 2 aromatic carbocycles. The topological polar surface area (TPSA) is 84.7 Å². The number of nitro benzene ring substituents is 1. The van der Waals surface area contributed by atoms with Gasteiger partial charge in [-0.3, -0.25) is 19.8 Å². The van der Waals surface area contributed by atoms with E-state index in [4.69, 9.17) is 4.74 Å². The monoisotopic (exact) mass is 369 g/mol. The van der Waals surface area contributed by atoms with E-state index in [0.717, 1.165) is 18.7 Å². The lowest BCUT2D eigenvalue weighted by Crippen LogP contribution is -2.43. The van der Waals surface area contributed by atoms with Crippen LogP contribution in [0.4, 0.5) is 5.69 Å². The van der Waals surface area contributed by atoms with Gasteiger partial charge in [0.1, 0.15) is 0 Å². The van der Waals surface area contributed by atoms with Crippen LogP contribution in [0.3, 0.4) is 0 Å². The number of nitro groups is 1. The zero-order chi connectivity index (χ0) is 19.2. The van der Waals surface area contributed by atoms with Crippen molar-refractivity contribution in [2.24, 2.45) is 0 Å². The van der Waals surface area contributed by atoms with E-state index < -0.39 is 4.92 Å². The summed E-state index contributed by atoms with van der Waals surface area (Å²) in [5, 5.41) is 14.0. The molecule has 1 atom stereocenters. The molecule has 142 valence electrons. The van der Waals surface area contributed by atoms with Crippen molar-refractivity contribution in [3.63, 3.8) is 0 Å². The molecule has 7 heteroatoms. The Kier molecular flexibility index (Phi) is 6.16. The predicted molar refractivity (Wildman–Crippen MR) is 102 cm³/mol. The standard InChI is InChI=1S/C20H23N3O4/c1-15-7-8-17(13-18(15)23(25)26)20(24)21-14-19(16-5-3-2-4-6-16)22-9-11-27-12-10-22/h2-8,13,19H,9-12,14H2,1H3,(H,21,24). The van der Waals surface area contributed by atoms with Crippen LogP contribution in [0.15, 0.2) is 48.5 Å². The molecule has 0 saturated carbocycles. The predicted octanol–water partition coefficient (Wildman–Crippen LogP) is 2.71. The van der Waals surface area contributed by atoms with Gasteiger partial charge >= 0.3 is 0 Å². The average molecular weight is 369 g/mol. The van der Waals surface area contributed by atoms with Crippen LogP contribution in [0.5, 0.6) is 0 Å². The van der Waals surface area contributed by atoms with Crippen molar-refractivity contribution in [3.05, 3.63) is 75.3 Å². The number of hydrogen-bond acceptors (Lipinski definition) is 5. The van der Waals surface area contributed by atoms with E-state index in [1.807, 2.05) is 30.3 Å². The second-order valence-corrected chi connectivity index (χ2v) is 6.54. The summed E-state index contributed by atoms with van der Waals surface area (Å²) in [6.45, 7) is 5.01. The molecular weight excluding hydrogens is 346 g/mol. The molecule has 0 aliphatic carbocycles. The van der Waals surface area contributed by atoms with E-state index in [1.54, 1.807) is 19.1 Å². The number of carbonyl (C=O) groups excluding carboxylic acids is 1. The summed E-state index contributed by atoms with van der Waals surface area (Å²) in [7, 11) is 0. The Morgan fingerprint density at radius 2 is 1.93 bits per heavy atom. The normalized spacial score (nSPS) is 15.9. The first-order valence-corrected chi connectivity index (χ1v) is 8.96. The first-order valence-electron chi connectivity index (χ1n) is 8.96. The SMILES string of the molecule is Cc1ccc(C(=O)NCC(c2ccccc2)N2CCOCC2)cc1[N+](=O)[O-]. The van der Waals surface area contributed by atoms with Gasteiger partial charge in [0.25, 0.3) is 11.6 Å². The molecule has 1 aliphatic heterocycles. The van der Waals surface area contributed by atoms with Gasteiger partial charge in [-0.25, -0.2) is 0 Å². The number of benzene rings is 2. The lowest BCUT2D eigenvalue weighted by atomic mass is 10.0. The second-order valence-electron chi connectivity index (χ2n) is 6.54. The molecule has 1 amide bonds. The maximum absolute atomic E-state index is 12.6. The zero-order valence-electron chi connectivity index (χ0n) is 15.3. The van der Waals surface area contributed by atoms with Gasteiger partial charge in [0.2, 0.25) is 0 Å². The first-order chi connectivity index (χ1) is 13.1. The number of carbonyl (C=O) groups is 1. The van der Waals surface area contributed by atoms with E-state index in [2.05, 4.69) is 10.2 Å². The minimum absolute atomic E-state index is 0.0273. The Balaban J connectivity index is 1.74. The van der Waals surface area contributed by atoms with Gasteiger partial charge < -0.3 is 10.1 Å². The summed E-state index contributed by atoms with van der Waals surface area (Å²) in [6.07, 6.45) is 0. The minimum atomic E-state index is -0.466. The second kappa shape index (κ2) is 8.75. The van der Waals surface area contributed by atoms with Crippen LogP contribution >= 0.6 is 0 Å². The number of nitrogens with zero attached hydrogens (tertiary/aromatic N) is 2. The lowest BCUT2D eigenvalue weighted by Gasteiger charge is -2.35. The number of ether oxygens (including phenoxy) is 1. The third-order valence-corrected chi connectivity index (χ3v) is 4.79. The highest BCUT2D eigenvalue weighted by molar-refractivity contribution is 5.95. The van der Waals surface area contributed by atoms with Crippen molar-refractivity contribution in [2.45, 2.75) is 13.0 Å². The van der Waals surface area contributed by atoms with Gasteiger partial charge in [-0.1, -0.05) is 36.4 Å². The van der Waals surface area contributed by atoms with Crippen molar-refractivity contribution in [1.29, 1.82) is 0 Å². The molecule has 0 spiro atoms. The summed E-state index contributed by atoms with van der Waals surface area (Å²) in [6, 6.07) is 14.6. The number of amides is 1. The number of aryl methyl sites for hydroxylation is 1. The van der Waals surface area contributed by atoms with Gasteiger partial charge in [0.05, 0.1) is 24.2 Å².